The van der Waals surface area contributed by atoms with E-state index in [0.29, 0.717) is 41.7 Å². The number of amidine groups is 1. The van der Waals surface area contributed by atoms with E-state index in [1.807, 2.05) is 58.2 Å². The number of rotatable bonds is 7. The molecule has 0 spiro atoms. The van der Waals surface area contributed by atoms with Crippen molar-refractivity contribution in [3.63, 3.8) is 0 Å². The first-order chi connectivity index (χ1) is 21.3. The third-order valence-corrected chi connectivity index (χ3v) is 8.01. The van der Waals surface area contributed by atoms with Crippen LogP contribution >= 0.6 is 11.6 Å². The average molecular weight is 633 g/mol. The SMILES string of the molecule is CC(C)(C)Oc1cc(C(=O)CC(N)=O)ccc1C1=NC(c2ccc(Cl)cc2)C(C2(C)C=CCC=N2)N1C(=O)N1CCNC(=O)C1. The summed E-state index contributed by atoms with van der Waals surface area (Å²) >= 11 is 6.25. The second-order valence-electron chi connectivity index (χ2n) is 12.5. The van der Waals surface area contributed by atoms with Crippen LogP contribution in [0.25, 0.3) is 0 Å². The van der Waals surface area contributed by atoms with Crippen LogP contribution < -0.4 is 15.8 Å². The van der Waals surface area contributed by atoms with E-state index in [1.54, 1.807) is 35.2 Å². The van der Waals surface area contributed by atoms with Crippen LogP contribution in [0.1, 0.15) is 68.1 Å². The van der Waals surface area contributed by atoms with Crippen LogP contribution in [0.2, 0.25) is 5.02 Å². The number of ketones is 1. The topological polar surface area (TPSA) is 147 Å². The standard InChI is InChI=1S/C33H37ClN6O5/c1-32(2,3)45-25-17-21(24(41)18-26(35)42)9-12-23(25)30-38-28(20-7-10-22(34)11-8-20)29(33(4)13-5-6-14-37-33)40(30)31(44)39-16-15-36-27(43)19-39/h5,7-14,17,28-29H,6,15-16,18-19H2,1-4H3,(H2,35,42)(H,36,43). The Labute approximate surface area is 267 Å². The number of ether oxygens (including phenoxy) is 1. The molecule has 0 saturated carbocycles. The Hall–Kier alpha value is -4.51. The number of nitrogens with two attached hydrogens (primary N) is 1. The normalized spacial score (nSPS) is 23.0. The zero-order valence-electron chi connectivity index (χ0n) is 25.7. The lowest BCUT2D eigenvalue weighted by molar-refractivity contribution is -0.123. The quantitative estimate of drug-likeness (QED) is 0.268. The molecule has 1 fully saturated rings. The van der Waals surface area contributed by atoms with Gasteiger partial charge in [0.15, 0.2) is 5.78 Å². The third kappa shape index (κ3) is 6.93. The number of carbonyl (C=O) groups excluding carboxylic acids is 4. The van der Waals surface area contributed by atoms with E-state index in [0.717, 1.165) is 5.56 Å². The van der Waals surface area contributed by atoms with E-state index in [1.165, 1.54) is 4.90 Å². The maximum Gasteiger partial charge on any atom is 0.326 e. The zero-order chi connectivity index (χ0) is 32.5. The molecular weight excluding hydrogens is 596 g/mol. The molecule has 45 heavy (non-hydrogen) atoms. The lowest BCUT2D eigenvalue weighted by Crippen LogP contribution is -2.60. The van der Waals surface area contributed by atoms with Crippen molar-refractivity contribution in [3.8, 4) is 5.75 Å². The fraction of sp³-hybridized carbons (Fsp3) is 0.394. The van der Waals surface area contributed by atoms with Crippen molar-refractivity contribution < 1.29 is 23.9 Å². The van der Waals surface area contributed by atoms with Crippen LogP contribution in [0, 0.1) is 0 Å². The number of piperazine rings is 1. The summed E-state index contributed by atoms with van der Waals surface area (Å²) in [6.07, 6.45) is 6.02. The summed E-state index contributed by atoms with van der Waals surface area (Å²) in [7, 11) is 0. The number of allylic oxidation sites excluding steroid dienone is 1. The van der Waals surface area contributed by atoms with Gasteiger partial charge >= 0.3 is 6.03 Å². The Kier molecular flexibility index (Phi) is 8.84. The Balaban J connectivity index is 1.72. The second kappa shape index (κ2) is 12.5. The first kappa shape index (κ1) is 31.9. The Morgan fingerprint density at radius 1 is 1.16 bits per heavy atom. The number of halogens is 1. The number of carbonyl (C=O) groups is 4. The molecule has 0 bridgehead atoms. The van der Waals surface area contributed by atoms with Gasteiger partial charge in [-0.2, -0.15) is 0 Å². The van der Waals surface area contributed by atoms with E-state index in [2.05, 4.69) is 5.32 Å². The zero-order valence-corrected chi connectivity index (χ0v) is 26.5. The molecule has 3 atom stereocenters. The molecule has 3 unspecified atom stereocenters. The van der Waals surface area contributed by atoms with Gasteiger partial charge in [-0.1, -0.05) is 42.0 Å². The van der Waals surface area contributed by atoms with Gasteiger partial charge < -0.3 is 20.7 Å². The molecule has 11 nitrogen and oxygen atoms in total. The summed E-state index contributed by atoms with van der Waals surface area (Å²) in [5.41, 5.74) is 5.23. The number of dihydropyridines is 1. The van der Waals surface area contributed by atoms with Gasteiger partial charge in [0, 0.05) is 36.3 Å². The molecule has 2 aromatic carbocycles. The van der Waals surface area contributed by atoms with Crippen molar-refractivity contribution in [2.24, 2.45) is 15.7 Å². The summed E-state index contributed by atoms with van der Waals surface area (Å²) in [5, 5.41) is 3.33. The number of hydrogen-bond acceptors (Lipinski definition) is 7. The highest BCUT2D eigenvalue weighted by Gasteiger charge is 2.52. The number of nitrogens with zero attached hydrogens (tertiary/aromatic N) is 4. The summed E-state index contributed by atoms with van der Waals surface area (Å²) in [6, 6.07) is 10.5. The van der Waals surface area contributed by atoms with Crippen LogP contribution in [0.15, 0.2) is 64.6 Å². The molecule has 3 N–H and O–H groups in total. The van der Waals surface area contributed by atoms with Gasteiger partial charge in [-0.25, -0.2) is 4.79 Å². The van der Waals surface area contributed by atoms with Crippen LogP contribution in [-0.4, -0.2) is 82.3 Å². The molecule has 0 aliphatic carbocycles. The van der Waals surface area contributed by atoms with Gasteiger partial charge in [0.1, 0.15) is 29.8 Å². The number of aliphatic imine (C=N–C) groups is 2. The highest BCUT2D eigenvalue weighted by Crippen LogP contribution is 2.44. The van der Waals surface area contributed by atoms with E-state index in [9.17, 15) is 19.2 Å². The van der Waals surface area contributed by atoms with Crippen molar-refractivity contribution in [1.29, 1.82) is 0 Å². The van der Waals surface area contributed by atoms with Gasteiger partial charge in [-0.15, -0.1) is 0 Å². The van der Waals surface area contributed by atoms with Crippen LogP contribution in [-0.2, 0) is 9.59 Å². The molecule has 5 rings (SSSR count). The Bertz CT molecular complexity index is 1600. The largest absolute Gasteiger partial charge is 0.487 e. The molecule has 3 heterocycles. The van der Waals surface area contributed by atoms with Crippen LogP contribution in [0.3, 0.4) is 0 Å². The van der Waals surface area contributed by atoms with Crippen molar-refractivity contribution in [2.45, 2.75) is 63.8 Å². The number of urea groups is 1. The number of benzene rings is 2. The van der Waals surface area contributed by atoms with E-state index >= 15 is 0 Å². The van der Waals surface area contributed by atoms with E-state index in [-0.39, 0.29) is 18.0 Å². The van der Waals surface area contributed by atoms with Crippen molar-refractivity contribution in [1.82, 2.24) is 15.1 Å². The van der Waals surface area contributed by atoms with Crippen molar-refractivity contribution >= 4 is 47.3 Å². The van der Waals surface area contributed by atoms with Crippen molar-refractivity contribution in [3.05, 3.63) is 76.3 Å². The van der Waals surface area contributed by atoms with Crippen LogP contribution in [0.5, 0.6) is 5.75 Å². The smallest absolute Gasteiger partial charge is 0.326 e. The lowest BCUT2D eigenvalue weighted by atomic mass is 9.82. The molecule has 12 heteroatoms. The second-order valence-corrected chi connectivity index (χ2v) is 12.9. The predicted octanol–water partition coefficient (Wildman–Crippen LogP) is 4.09. The number of nitrogens with one attached hydrogen (secondary N) is 1. The van der Waals surface area contributed by atoms with Gasteiger partial charge in [-0.05, 0) is 57.5 Å². The van der Waals surface area contributed by atoms with Crippen LogP contribution in [0.4, 0.5) is 4.79 Å². The van der Waals surface area contributed by atoms with Gasteiger partial charge in [0.05, 0.1) is 23.6 Å². The maximum atomic E-state index is 14.6. The van der Waals surface area contributed by atoms with Gasteiger partial charge in [0.2, 0.25) is 11.8 Å². The molecule has 1 saturated heterocycles. The monoisotopic (exact) mass is 632 g/mol. The summed E-state index contributed by atoms with van der Waals surface area (Å²) < 4.78 is 6.37. The highest BCUT2D eigenvalue weighted by molar-refractivity contribution is 6.30. The summed E-state index contributed by atoms with van der Waals surface area (Å²) in [4.78, 5) is 64.6. The number of primary amides is 1. The van der Waals surface area contributed by atoms with Crippen molar-refractivity contribution in [2.75, 3.05) is 19.6 Å². The van der Waals surface area contributed by atoms with E-state index in [4.69, 9.17) is 32.1 Å². The first-order valence-electron chi connectivity index (χ1n) is 14.8. The summed E-state index contributed by atoms with van der Waals surface area (Å²) in [5.74, 6) is -0.852. The number of Topliss-reactive ketones (excluding diaryl/α,β-unsaturated/α-hetero) is 1. The number of amides is 4. The lowest BCUT2D eigenvalue weighted by Gasteiger charge is -2.42. The minimum atomic E-state index is -0.885. The molecule has 0 aromatic heterocycles. The molecule has 3 aliphatic heterocycles. The summed E-state index contributed by atoms with van der Waals surface area (Å²) in [6.45, 7) is 8.07. The number of hydrogen-bond donors (Lipinski definition) is 2. The van der Waals surface area contributed by atoms with E-state index < -0.39 is 47.4 Å². The first-order valence-corrected chi connectivity index (χ1v) is 15.2. The molecule has 236 valence electrons. The fourth-order valence-electron chi connectivity index (χ4n) is 5.79. The van der Waals surface area contributed by atoms with Gasteiger partial charge in [0.25, 0.3) is 0 Å². The Morgan fingerprint density at radius 2 is 1.89 bits per heavy atom. The molecule has 0 radical (unpaired) electrons. The molecule has 2 aromatic rings. The minimum absolute atomic E-state index is 0.108. The van der Waals surface area contributed by atoms with Gasteiger partial charge in [-0.3, -0.25) is 29.3 Å². The molecule has 4 amide bonds. The maximum absolute atomic E-state index is 14.6. The molecule has 3 aliphatic rings. The predicted molar refractivity (Wildman–Crippen MR) is 172 cm³/mol. The molecular formula is C33H37ClN6O5. The third-order valence-electron chi connectivity index (χ3n) is 7.75. The Morgan fingerprint density at radius 3 is 2.51 bits per heavy atom. The minimum Gasteiger partial charge on any atom is -0.487 e. The highest BCUT2D eigenvalue weighted by atomic mass is 35.5. The average Bonchev–Trinajstić information content (AvgIpc) is 3.37. The fourth-order valence-corrected chi connectivity index (χ4v) is 5.91.